The molecule has 0 fully saturated rings. The number of nitrogens with one attached hydrogen (secondary N) is 1. The number of nitrogens with zero attached hydrogens (tertiary/aromatic N) is 2. The summed E-state index contributed by atoms with van der Waals surface area (Å²) in [7, 11) is 0. The third-order valence-electron chi connectivity index (χ3n) is 2.48. The summed E-state index contributed by atoms with van der Waals surface area (Å²) >= 11 is 0. The van der Waals surface area contributed by atoms with Gasteiger partial charge in [0, 0.05) is 12.2 Å². The Hall–Kier alpha value is -1.71. The fourth-order valence-electron chi connectivity index (χ4n) is 1.55. The second-order valence-corrected chi connectivity index (χ2v) is 4.18. The fraction of sp³-hybridized carbons (Fsp3) is 0.417. The number of hydrogen-bond donors (Lipinski definition) is 1. The first-order chi connectivity index (χ1) is 7.66. The minimum atomic E-state index is 0.153. The van der Waals surface area contributed by atoms with E-state index >= 15 is 0 Å². The van der Waals surface area contributed by atoms with Crippen LogP contribution in [-0.4, -0.2) is 9.78 Å². The van der Waals surface area contributed by atoms with Gasteiger partial charge in [0.15, 0.2) is 0 Å². The second kappa shape index (κ2) is 4.43. The van der Waals surface area contributed by atoms with Gasteiger partial charge in [-0.15, -0.1) is 0 Å². The minimum absolute atomic E-state index is 0.153. The van der Waals surface area contributed by atoms with Crippen LogP contribution in [-0.2, 0) is 0 Å². The SMILES string of the molecule is CC(Nc1cnn(C(C)C)c1)c1ccco1. The fourth-order valence-corrected chi connectivity index (χ4v) is 1.55. The molecule has 1 unspecified atom stereocenters. The number of rotatable bonds is 4. The normalized spacial score (nSPS) is 13.0. The number of anilines is 1. The molecule has 0 spiro atoms. The van der Waals surface area contributed by atoms with Crippen LogP contribution < -0.4 is 5.32 Å². The van der Waals surface area contributed by atoms with Crippen molar-refractivity contribution in [1.82, 2.24) is 9.78 Å². The van der Waals surface area contributed by atoms with Gasteiger partial charge in [-0.25, -0.2) is 0 Å². The minimum Gasteiger partial charge on any atom is -0.467 e. The third-order valence-corrected chi connectivity index (χ3v) is 2.48. The average Bonchev–Trinajstić information content (AvgIpc) is 2.87. The summed E-state index contributed by atoms with van der Waals surface area (Å²) in [5, 5.41) is 7.62. The summed E-state index contributed by atoms with van der Waals surface area (Å²) in [6.07, 6.45) is 5.52. The van der Waals surface area contributed by atoms with Gasteiger partial charge in [0.05, 0.1) is 24.2 Å². The topological polar surface area (TPSA) is 43.0 Å². The van der Waals surface area contributed by atoms with Gasteiger partial charge in [-0.05, 0) is 32.9 Å². The van der Waals surface area contributed by atoms with E-state index in [1.807, 2.05) is 29.2 Å². The Labute approximate surface area is 95.3 Å². The highest BCUT2D eigenvalue weighted by Gasteiger charge is 2.09. The van der Waals surface area contributed by atoms with Crippen LogP contribution in [0.25, 0.3) is 0 Å². The summed E-state index contributed by atoms with van der Waals surface area (Å²) in [5.41, 5.74) is 1.01. The van der Waals surface area contributed by atoms with Crippen molar-refractivity contribution in [1.29, 1.82) is 0 Å². The lowest BCUT2D eigenvalue weighted by molar-refractivity contribution is 0.490. The zero-order chi connectivity index (χ0) is 11.5. The van der Waals surface area contributed by atoms with Crippen molar-refractivity contribution in [2.75, 3.05) is 5.32 Å². The molecule has 0 bridgehead atoms. The first-order valence-corrected chi connectivity index (χ1v) is 5.51. The standard InChI is InChI=1S/C12H17N3O/c1-9(2)15-8-11(7-13-15)14-10(3)12-5-4-6-16-12/h4-10,14H,1-3H3. The smallest absolute Gasteiger partial charge is 0.125 e. The molecule has 1 atom stereocenters. The van der Waals surface area contributed by atoms with E-state index in [2.05, 4.69) is 31.2 Å². The molecular formula is C12H17N3O. The summed E-state index contributed by atoms with van der Waals surface area (Å²) < 4.78 is 7.26. The zero-order valence-corrected chi connectivity index (χ0v) is 9.84. The highest BCUT2D eigenvalue weighted by molar-refractivity contribution is 5.40. The predicted octanol–water partition coefficient (Wildman–Crippen LogP) is 3.23. The van der Waals surface area contributed by atoms with Gasteiger partial charge >= 0.3 is 0 Å². The average molecular weight is 219 g/mol. The van der Waals surface area contributed by atoms with Crippen LogP contribution in [0.3, 0.4) is 0 Å². The van der Waals surface area contributed by atoms with Crippen LogP contribution in [0.4, 0.5) is 5.69 Å². The number of hydrogen-bond acceptors (Lipinski definition) is 3. The van der Waals surface area contributed by atoms with Crippen molar-refractivity contribution in [3.63, 3.8) is 0 Å². The van der Waals surface area contributed by atoms with Crippen molar-refractivity contribution >= 4 is 5.69 Å². The van der Waals surface area contributed by atoms with Crippen molar-refractivity contribution in [2.45, 2.75) is 32.9 Å². The lowest BCUT2D eigenvalue weighted by Crippen LogP contribution is -2.05. The van der Waals surface area contributed by atoms with Crippen LogP contribution in [0.5, 0.6) is 0 Å². The van der Waals surface area contributed by atoms with Gasteiger partial charge in [0.1, 0.15) is 5.76 Å². The van der Waals surface area contributed by atoms with Crippen molar-refractivity contribution in [3.05, 3.63) is 36.5 Å². The third kappa shape index (κ3) is 2.27. The first kappa shape index (κ1) is 10.8. The molecule has 0 radical (unpaired) electrons. The summed E-state index contributed by atoms with van der Waals surface area (Å²) in [6, 6.07) is 4.39. The molecule has 2 rings (SSSR count). The zero-order valence-electron chi connectivity index (χ0n) is 9.84. The maximum atomic E-state index is 5.33. The molecule has 86 valence electrons. The molecule has 0 aromatic carbocycles. The van der Waals surface area contributed by atoms with Crippen molar-refractivity contribution < 1.29 is 4.42 Å². The van der Waals surface area contributed by atoms with E-state index in [4.69, 9.17) is 4.42 Å². The van der Waals surface area contributed by atoms with Gasteiger partial charge in [-0.2, -0.15) is 5.10 Å². The molecule has 0 saturated carbocycles. The Bertz CT molecular complexity index is 431. The molecule has 0 aliphatic rings. The van der Waals surface area contributed by atoms with Crippen LogP contribution >= 0.6 is 0 Å². The largest absolute Gasteiger partial charge is 0.467 e. The molecular weight excluding hydrogens is 202 g/mol. The summed E-state index contributed by atoms with van der Waals surface area (Å²) in [4.78, 5) is 0. The van der Waals surface area contributed by atoms with Gasteiger partial charge in [0.25, 0.3) is 0 Å². The van der Waals surface area contributed by atoms with Crippen LogP contribution in [0.2, 0.25) is 0 Å². The van der Waals surface area contributed by atoms with E-state index in [1.54, 1.807) is 6.26 Å². The maximum absolute atomic E-state index is 5.33. The monoisotopic (exact) mass is 219 g/mol. The Morgan fingerprint density at radius 3 is 2.75 bits per heavy atom. The summed E-state index contributed by atoms with van der Waals surface area (Å²) in [6.45, 7) is 6.27. The quantitative estimate of drug-likeness (QED) is 0.858. The molecule has 0 amide bonds. The van der Waals surface area contributed by atoms with E-state index < -0.39 is 0 Å². The molecule has 2 heterocycles. The Balaban J connectivity index is 2.03. The van der Waals surface area contributed by atoms with Gasteiger partial charge in [-0.1, -0.05) is 0 Å². The Morgan fingerprint density at radius 1 is 1.38 bits per heavy atom. The van der Waals surface area contributed by atoms with E-state index in [9.17, 15) is 0 Å². The van der Waals surface area contributed by atoms with Gasteiger partial charge in [-0.3, -0.25) is 4.68 Å². The van der Waals surface area contributed by atoms with Crippen molar-refractivity contribution in [3.8, 4) is 0 Å². The predicted molar refractivity (Wildman–Crippen MR) is 63.4 cm³/mol. The first-order valence-electron chi connectivity index (χ1n) is 5.51. The van der Waals surface area contributed by atoms with Gasteiger partial charge in [0.2, 0.25) is 0 Å². The van der Waals surface area contributed by atoms with Gasteiger partial charge < -0.3 is 9.73 Å². The molecule has 2 aromatic rings. The number of aromatic nitrogens is 2. The second-order valence-electron chi connectivity index (χ2n) is 4.18. The van der Waals surface area contributed by atoms with E-state index in [-0.39, 0.29) is 6.04 Å². The van der Waals surface area contributed by atoms with Crippen LogP contribution in [0, 0.1) is 0 Å². The molecule has 4 heteroatoms. The lowest BCUT2D eigenvalue weighted by atomic mass is 10.2. The molecule has 0 saturated heterocycles. The van der Waals surface area contributed by atoms with Crippen molar-refractivity contribution in [2.24, 2.45) is 0 Å². The van der Waals surface area contributed by atoms with Crippen LogP contribution in [0.15, 0.2) is 35.2 Å². The highest BCUT2D eigenvalue weighted by atomic mass is 16.3. The molecule has 4 nitrogen and oxygen atoms in total. The van der Waals surface area contributed by atoms with E-state index in [1.165, 1.54) is 0 Å². The molecule has 0 aliphatic carbocycles. The van der Waals surface area contributed by atoms with Crippen LogP contribution in [0.1, 0.15) is 38.6 Å². The van der Waals surface area contributed by atoms with E-state index in [0.29, 0.717) is 6.04 Å². The molecule has 0 aliphatic heterocycles. The van der Waals surface area contributed by atoms with E-state index in [0.717, 1.165) is 11.4 Å². The molecule has 1 N–H and O–H groups in total. The maximum Gasteiger partial charge on any atom is 0.125 e. The number of furan rings is 1. The lowest BCUT2D eigenvalue weighted by Gasteiger charge is -2.10. The Morgan fingerprint density at radius 2 is 2.19 bits per heavy atom. The molecule has 16 heavy (non-hydrogen) atoms. The highest BCUT2D eigenvalue weighted by Crippen LogP contribution is 2.19. The summed E-state index contributed by atoms with van der Waals surface area (Å²) in [5.74, 6) is 0.928. The Kier molecular flexibility index (Phi) is 2.99. The molecule has 2 aromatic heterocycles.